The minimum atomic E-state index is 0.127. The van der Waals surface area contributed by atoms with Gasteiger partial charge in [0.15, 0.2) is 0 Å². The van der Waals surface area contributed by atoms with E-state index in [0.29, 0.717) is 5.41 Å². The maximum absolute atomic E-state index is 2.65. The van der Waals surface area contributed by atoms with E-state index in [9.17, 15) is 0 Å². The van der Waals surface area contributed by atoms with Gasteiger partial charge in [-0.05, 0) is 183 Å². The third-order valence-electron chi connectivity index (χ3n) is 18.1. The number of hydrogen-bond donors (Lipinski definition) is 0. The van der Waals surface area contributed by atoms with Crippen LogP contribution >= 0.6 is 11.8 Å². The largest absolute Gasteiger partial charge is 0.309 e. The SMILES string of the molecule is CC1(C)CCC(C)(C)c2cc(-c3ccc(N(c4ccc5c(c4)C(C)(C)CCC5(C)C)c4cccc5c4Sc4ccccc4C54C5CC6CC7CC4C75C6)cc3)ccc21. The zero-order valence-electron chi connectivity index (χ0n) is 36.1. The van der Waals surface area contributed by atoms with E-state index in [4.69, 9.17) is 0 Å². The molecule has 2 bridgehead atoms. The van der Waals surface area contributed by atoms with Crippen LogP contribution in [0.5, 0.6) is 0 Å². The third kappa shape index (κ3) is 4.52. The smallest absolute Gasteiger partial charge is 0.0604 e. The van der Waals surface area contributed by atoms with E-state index < -0.39 is 0 Å². The Bertz CT molecular complexity index is 2550. The fourth-order valence-electron chi connectivity index (χ4n) is 15.0. The molecule has 6 atom stereocenters. The fourth-order valence-corrected chi connectivity index (χ4v) is 16.3. The van der Waals surface area contributed by atoms with Crippen LogP contribution in [0.3, 0.4) is 0 Å². The molecule has 1 aliphatic heterocycles. The van der Waals surface area contributed by atoms with Crippen LogP contribution < -0.4 is 4.90 Å². The molecule has 58 heavy (non-hydrogen) atoms. The van der Waals surface area contributed by atoms with Gasteiger partial charge in [-0.2, -0.15) is 0 Å². The molecule has 2 heteroatoms. The van der Waals surface area contributed by atoms with E-state index in [1.54, 1.807) is 11.1 Å². The quantitative estimate of drug-likeness (QED) is 0.179. The normalized spacial score (nSPS) is 31.5. The second-order valence-electron chi connectivity index (χ2n) is 22.7. The maximum Gasteiger partial charge on any atom is 0.0604 e. The zero-order valence-corrected chi connectivity index (χ0v) is 37.0. The van der Waals surface area contributed by atoms with E-state index in [1.807, 2.05) is 11.8 Å². The monoisotopic (exact) mass is 779 g/mol. The number of nitrogens with zero attached hydrogens (tertiary/aromatic N) is 1. The van der Waals surface area contributed by atoms with Crippen molar-refractivity contribution in [2.75, 3.05) is 4.90 Å². The van der Waals surface area contributed by atoms with E-state index in [-0.39, 0.29) is 27.1 Å². The third-order valence-corrected chi connectivity index (χ3v) is 19.3. The lowest BCUT2D eigenvalue weighted by atomic mass is 9.26. The van der Waals surface area contributed by atoms with Crippen LogP contribution in [0, 0.1) is 29.1 Å². The molecule has 5 aromatic carbocycles. The molecular formula is C56H61NS. The molecule has 0 saturated heterocycles. The summed E-state index contributed by atoms with van der Waals surface area (Å²) in [5, 5.41) is 0. The zero-order chi connectivity index (χ0) is 39.8. The standard InChI is InChI=1S/C56H61NS/c1-51(2)24-26-53(5,6)44-30-36(18-22-40(44)51)35-16-19-38(20-17-35)57(39-21-23-41-45(32-39)54(7,8)27-25-52(41,3)4)46-14-11-13-43-50(46)58-47-15-10-9-12-42(47)56(43)48-29-34-28-37-31-49(56)55(37,48)33-34/h9-23,30,32,34,37,48-49H,24-29,31,33H2,1-8H3. The van der Waals surface area contributed by atoms with Crippen molar-refractivity contribution < 1.29 is 0 Å². The van der Waals surface area contributed by atoms with Gasteiger partial charge in [0.25, 0.3) is 0 Å². The number of fused-ring (bicyclic) bond motifs is 9. The van der Waals surface area contributed by atoms with Gasteiger partial charge in [0.1, 0.15) is 0 Å². The van der Waals surface area contributed by atoms with Gasteiger partial charge in [-0.1, -0.05) is 134 Å². The first-order chi connectivity index (χ1) is 27.6. The molecular weight excluding hydrogens is 719 g/mol. The second kappa shape index (κ2) is 11.5. The highest BCUT2D eigenvalue weighted by atomic mass is 32.2. The van der Waals surface area contributed by atoms with Crippen molar-refractivity contribution in [1.82, 2.24) is 0 Å². The Hall–Kier alpha value is -3.75. The highest BCUT2D eigenvalue weighted by Crippen LogP contribution is 2.89. The lowest BCUT2D eigenvalue weighted by Gasteiger charge is -2.78. The van der Waals surface area contributed by atoms with Gasteiger partial charge in [0, 0.05) is 26.6 Å². The lowest BCUT2D eigenvalue weighted by Crippen LogP contribution is -2.74. The van der Waals surface area contributed by atoms with Crippen molar-refractivity contribution in [2.45, 2.75) is 144 Å². The van der Waals surface area contributed by atoms with Crippen LogP contribution in [0.15, 0.2) is 113 Å². The van der Waals surface area contributed by atoms with E-state index in [0.717, 1.165) is 23.7 Å². The van der Waals surface area contributed by atoms with Crippen LogP contribution in [0.1, 0.15) is 140 Å². The summed E-state index contributed by atoms with van der Waals surface area (Å²) in [7, 11) is 0. The van der Waals surface area contributed by atoms with Crippen LogP contribution in [0.2, 0.25) is 0 Å². The van der Waals surface area contributed by atoms with Crippen LogP contribution in [-0.2, 0) is 27.1 Å². The molecule has 0 radical (unpaired) electrons. The van der Waals surface area contributed by atoms with Crippen molar-refractivity contribution in [2.24, 2.45) is 29.1 Å². The molecule has 0 amide bonds. The van der Waals surface area contributed by atoms with E-state index in [2.05, 4.69) is 163 Å². The second-order valence-corrected chi connectivity index (χ2v) is 23.8. The highest BCUT2D eigenvalue weighted by Gasteiger charge is 2.84. The Morgan fingerprint density at radius 3 is 1.79 bits per heavy atom. The van der Waals surface area contributed by atoms with Crippen molar-refractivity contribution in [3.8, 4) is 11.1 Å². The first kappa shape index (κ1) is 36.1. The molecule has 0 aromatic heterocycles. The predicted molar refractivity (Wildman–Crippen MR) is 243 cm³/mol. The Balaban J connectivity index is 1.03. The van der Waals surface area contributed by atoms with E-state index in [1.165, 1.54) is 112 Å². The highest BCUT2D eigenvalue weighted by molar-refractivity contribution is 7.99. The van der Waals surface area contributed by atoms with Gasteiger partial charge in [-0.25, -0.2) is 0 Å². The molecule has 0 N–H and O–H groups in total. The summed E-state index contributed by atoms with van der Waals surface area (Å²) >= 11 is 2.05. The summed E-state index contributed by atoms with van der Waals surface area (Å²) in [5.41, 5.74) is 17.3. The molecule has 4 fully saturated rings. The molecule has 12 rings (SSSR count). The van der Waals surface area contributed by atoms with Crippen molar-refractivity contribution in [3.63, 3.8) is 0 Å². The van der Waals surface area contributed by atoms with Gasteiger partial charge in [0.05, 0.1) is 5.69 Å². The molecule has 296 valence electrons. The van der Waals surface area contributed by atoms with E-state index >= 15 is 0 Å². The topological polar surface area (TPSA) is 3.24 Å². The average Bonchev–Trinajstić information content (AvgIpc) is 3.74. The number of anilines is 3. The Kier molecular flexibility index (Phi) is 7.19. The summed E-state index contributed by atoms with van der Waals surface area (Å²) < 4.78 is 0. The van der Waals surface area contributed by atoms with Gasteiger partial charge in [-0.3, -0.25) is 0 Å². The maximum atomic E-state index is 2.65. The lowest BCUT2D eigenvalue weighted by molar-refractivity contribution is -0.235. The summed E-state index contributed by atoms with van der Waals surface area (Å²) in [4.78, 5) is 5.63. The predicted octanol–water partition coefficient (Wildman–Crippen LogP) is 15.3. The van der Waals surface area contributed by atoms with Gasteiger partial charge >= 0.3 is 0 Å². The first-order valence-electron chi connectivity index (χ1n) is 22.8. The van der Waals surface area contributed by atoms with Crippen LogP contribution in [0.4, 0.5) is 17.1 Å². The molecule has 7 aliphatic rings. The fraction of sp³-hybridized carbons (Fsp3) is 0.464. The molecule has 1 nitrogen and oxygen atoms in total. The van der Waals surface area contributed by atoms with Crippen LogP contribution in [-0.4, -0.2) is 0 Å². The molecule has 6 aliphatic carbocycles. The van der Waals surface area contributed by atoms with Crippen molar-refractivity contribution in [3.05, 3.63) is 137 Å². The van der Waals surface area contributed by atoms with Crippen molar-refractivity contribution >= 4 is 28.8 Å². The Morgan fingerprint density at radius 2 is 1.09 bits per heavy atom. The molecule has 5 aromatic rings. The average molecular weight is 780 g/mol. The van der Waals surface area contributed by atoms with Crippen molar-refractivity contribution in [1.29, 1.82) is 0 Å². The van der Waals surface area contributed by atoms with Gasteiger partial charge < -0.3 is 4.90 Å². The molecule has 6 unspecified atom stereocenters. The van der Waals surface area contributed by atoms with Crippen LogP contribution in [0.25, 0.3) is 11.1 Å². The number of benzene rings is 5. The van der Waals surface area contributed by atoms with Gasteiger partial charge in [0.2, 0.25) is 0 Å². The Morgan fingerprint density at radius 1 is 0.500 bits per heavy atom. The summed E-state index contributed by atoms with van der Waals surface area (Å²) in [6.07, 6.45) is 10.8. The number of hydrogen-bond acceptors (Lipinski definition) is 2. The summed E-state index contributed by atoms with van der Waals surface area (Å²) in [5.74, 6) is 3.49. The molecule has 2 spiro atoms. The minimum Gasteiger partial charge on any atom is -0.309 e. The molecule has 4 saturated carbocycles. The number of rotatable bonds is 4. The molecule has 1 heterocycles. The Labute approximate surface area is 352 Å². The summed E-state index contributed by atoms with van der Waals surface area (Å²) in [6, 6.07) is 41.5. The summed E-state index contributed by atoms with van der Waals surface area (Å²) in [6.45, 7) is 19.6. The first-order valence-corrected chi connectivity index (χ1v) is 23.6. The minimum absolute atomic E-state index is 0.127. The van der Waals surface area contributed by atoms with Gasteiger partial charge in [-0.15, -0.1) is 0 Å².